The van der Waals surface area contributed by atoms with Gasteiger partial charge in [-0.05, 0) is 13.0 Å². The van der Waals surface area contributed by atoms with E-state index >= 15 is 0 Å². The molecule has 0 aliphatic heterocycles. The van der Waals surface area contributed by atoms with Crippen molar-refractivity contribution < 1.29 is 19.8 Å². The second-order valence-electron chi connectivity index (χ2n) is 4.42. The Bertz CT molecular complexity index is 626. The highest BCUT2D eigenvalue weighted by Crippen LogP contribution is 2.27. The predicted octanol–water partition coefficient (Wildman–Crippen LogP) is 0.509. The minimum atomic E-state index is -1.16. The molecule has 3 N–H and O–H groups in total. The van der Waals surface area contributed by atoms with Crippen molar-refractivity contribution in [2.75, 3.05) is 6.61 Å². The summed E-state index contributed by atoms with van der Waals surface area (Å²) in [5.74, 6) is -1.61. The summed E-state index contributed by atoms with van der Waals surface area (Å²) in [5, 5.41) is 25.3. The lowest BCUT2D eigenvalue weighted by molar-refractivity contribution is -0.139. The van der Waals surface area contributed by atoms with E-state index in [9.17, 15) is 9.59 Å². The van der Waals surface area contributed by atoms with Gasteiger partial charge in [0.25, 0.3) is 5.91 Å². The predicted molar refractivity (Wildman–Crippen MR) is 73.9 cm³/mol. The normalized spacial score (nSPS) is 12.6. The summed E-state index contributed by atoms with van der Waals surface area (Å²) in [6.45, 7) is 1.55. The van der Waals surface area contributed by atoms with Crippen molar-refractivity contribution in [3.63, 3.8) is 0 Å². The fourth-order valence-electron chi connectivity index (χ4n) is 1.93. The van der Waals surface area contributed by atoms with Crippen LogP contribution >= 0.6 is 11.3 Å². The molecule has 2 aromatic heterocycles. The van der Waals surface area contributed by atoms with Gasteiger partial charge in [0.05, 0.1) is 10.6 Å². The van der Waals surface area contributed by atoms with Gasteiger partial charge < -0.3 is 15.5 Å². The van der Waals surface area contributed by atoms with Crippen molar-refractivity contribution >= 4 is 33.4 Å². The number of hydrogen-bond acceptors (Lipinski definition) is 5. The molecule has 0 aromatic carbocycles. The maximum atomic E-state index is 12.0. The zero-order valence-electron chi connectivity index (χ0n) is 11.1. The minimum absolute atomic E-state index is 0.0213. The summed E-state index contributed by atoms with van der Waals surface area (Å²) in [7, 11) is 1.79. The number of nitrogens with zero attached hydrogens (tertiary/aromatic N) is 2. The van der Waals surface area contributed by atoms with Gasteiger partial charge in [0.2, 0.25) is 0 Å². The number of carboxylic acids is 1. The number of aliphatic carboxylic acids is 1. The van der Waals surface area contributed by atoms with Gasteiger partial charge in [-0.25, -0.2) is 4.79 Å². The molecule has 0 bridgehead atoms. The first kappa shape index (κ1) is 14.5. The molecule has 20 heavy (non-hydrogen) atoms. The molecule has 7 nitrogen and oxygen atoms in total. The van der Waals surface area contributed by atoms with Crippen LogP contribution in [0.2, 0.25) is 0 Å². The monoisotopic (exact) mass is 297 g/mol. The molecule has 108 valence electrons. The Morgan fingerprint density at radius 2 is 2.25 bits per heavy atom. The lowest BCUT2D eigenvalue weighted by Gasteiger charge is -2.12. The third kappa shape index (κ3) is 2.66. The van der Waals surface area contributed by atoms with Crippen molar-refractivity contribution in [3.05, 3.63) is 16.6 Å². The maximum Gasteiger partial charge on any atom is 0.326 e. The maximum absolute atomic E-state index is 12.0. The molecule has 8 heteroatoms. The number of fused-ring (bicyclic) bond motifs is 1. The van der Waals surface area contributed by atoms with Crippen molar-refractivity contribution in [1.29, 1.82) is 0 Å². The van der Waals surface area contributed by atoms with E-state index in [0.717, 1.165) is 15.9 Å². The van der Waals surface area contributed by atoms with Gasteiger partial charge >= 0.3 is 5.97 Å². The van der Waals surface area contributed by atoms with E-state index in [-0.39, 0.29) is 13.0 Å². The number of amides is 1. The van der Waals surface area contributed by atoms with Crippen LogP contribution in [0.4, 0.5) is 0 Å². The number of carbonyl (C=O) groups is 2. The zero-order valence-corrected chi connectivity index (χ0v) is 11.9. The van der Waals surface area contributed by atoms with Crippen LogP contribution in [0.15, 0.2) is 6.07 Å². The van der Waals surface area contributed by atoms with Crippen LogP contribution in [0, 0.1) is 6.92 Å². The fraction of sp³-hybridized carbons (Fsp3) is 0.417. The molecule has 0 saturated carbocycles. The second-order valence-corrected chi connectivity index (χ2v) is 5.45. The Hall–Kier alpha value is -1.93. The van der Waals surface area contributed by atoms with Gasteiger partial charge in [-0.3, -0.25) is 9.48 Å². The molecular formula is C12H15N3O4S. The van der Waals surface area contributed by atoms with Crippen LogP contribution in [0.1, 0.15) is 21.8 Å². The summed E-state index contributed by atoms with van der Waals surface area (Å²) in [4.78, 5) is 24.3. The van der Waals surface area contributed by atoms with E-state index in [1.165, 1.54) is 11.3 Å². The molecule has 0 saturated heterocycles. The van der Waals surface area contributed by atoms with Crippen LogP contribution in [0.25, 0.3) is 10.2 Å². The van der Waals surface area contributed by atoms with E-state index in [1.54, 1.807) is 17.8 Å². The fourth-order valence-corrected chi connectivity index (χ4v) is 2.96. The number of carbonyl (C=O) groups excluding carboxylic acids is 1. The number of aliphatic hydroxyl groups excluding tert-OH is 1. The molecule has 2 aromatic rings. The summed E-state index contributed by atoms with van der Waals surface area (Å²) in [5.41, 5.74) is 0.822. The smallest absolute Gasteiger partial charge is 0.326 e. The van der Waals surface area contributed by atoms with E-state index in [2.05, 4.69) is 10.4 Å². The quantitative estimate of drug-likeness (QED) is 0.746. The van der Waals surface area contributed by atoms with E-state index < -0.39 is 17.9 Å². The highest BCUT2D eigenvalue weighted by molar-refractivity contribution is 7.20. The van der Waals surface area contributed by atoms with Crippen molar-refractivity contribution in [3.8, 4) is 0 Å². The van der Waals surface area contributed by atoms with E-state index in [4.69, 9.17) is 10.2 Å². The van der Waals surface area contributed by atoms with Gasteiger partial charge in [-0.2, -0.15) is 5.10 Å². The average molecular weight is 297 g/mol. The number of carboxylic acid groups (broad SMARTS) is 1. The molecule has 0 fully saturated rings. The van der Waals surface area contributed by atoms with E-state index in [1.807, 2.05) is 6.92 Å². The summed E-state index contributed by atoms with van der Waals surface area (Å²) < 4.78 is 1.69. The second kappa shape index (κ2) is 5.59. The first-order valence-corrected chi connectivity index (χ1v) is 6.83. The van der Waals surface area contributed by atoms with Gasteiger partial charge in [-0.15, -0.1) is 11.3 Å². The first-order valence-electron chi connectivity index (χ1n) is 6.01. The van der Waals surface area contributed by atoms with Crippen molar-refractivity contribution in [1.82, 2.24) is 15.1 Å². The number of aliphatic hydroxyl groups is 1. The molecule has 0 spiro atoms. The van der Waals surface area contributed by atoms with Gasteiger partial charge in [-0.1, -0.05) is 0 Å². The summed E-state index contributed by atoms with van der Waals surface area (Å²) in [6, 6.07) is 0.618. The lowest BCUT2D eigenvalue weighted by atomic mass is 10.2. The molecular weight excluding hydrogens is 282 g/mol. The Labute approximate surface area is 118 Å². The number of aromatic nitrogens is 2. The minimum Gasteiger partial charge on any atom is -0.480 e. The highest BCUT2D eigenvalue weighted by atomic mass is 32.1. The number of thiophene rings is 1. The molecule has 0 aliphatic rings. The third-order valence-corrected chi connectivity index (χ3v) is 4.14. The molecule has 0 aliphatic carbocycles. The van der Waals surface area contributed by atoms with Crippen LogP contribution in [-0.4, -0.2) is 44.5 Å². The van der Waals surface area contributed by atoms with Gasteiger partial charge in [0.15, 0.2) is 0 Å². The topological polar surface area (TPSA) is 104 Å². The Morgan fingerprint density at radius 1 is 1.55 bits per heavy atom. The van der Waals surface area contributed by atoms with Crippen LogP contribution in [-0.2, 0) is 11.8 Å². The summed E-state index contributed by atoms with van der Waals surface area (Å²) in [6.07, 6.45) is -0.0213. The van der Waals surface area contributed by atoms with Gasteiger partial charge in [0, 0.05) is 25.5 Å². The highest BCUT2D eigenvalue weighted by Gasteiger charge is 2.22. The number of rotatable bonds is 5. The van der Waals surface area contributed by atoms with Crippen LogP contribution < -0.4 is 5.32 Å². The van der Waals surface area contributed by atoms with Crippen LogP contribution in [0.5, 0.6) is 0 Å². The Kier molecular flexibility index (Phi) is 4.05. The SMILES string of the molecule is Cc1nn(C)c2sc(C(=O)N[C@@H](CCO)C(=O)O)cc12. The lowest BCUT2D eigenvalue weighted by Crippen LogP contribution is -2.41. The van der Waals surface area contributed by atoms with Gasteiger partial charge in [0.1, 0.15) is 10.9 Å². The Morgan fingerprint density at radius 3 is 2.80 bits per heavy atom. The zero-order chi connectivity index (χ0) is 14.9. The molecule has 2 rings (SSSR count). The number of hydrogen-bond donors (Lipinski definition) is 3. The molecule has 0 radical (unpaired) electrons. The largest absolute Gasteiger partial charge is 0.480 e. The molecule has 0 unspecified atom stereocenters. The van der Waals surface area contributed by atoms with Crippen molar-refractivity contribution in [2.45, 2.75) is 19.4 Å². The number of aryl methyl sites for hydroxylation is 2. The van der Waals surface area contributed by atoms with Crippen LogP contribution in [0.3, 0.4) is 0 Å². The van der Waals surface area contributed by atoms with E-state index in [0.29, 0.717) is 4.88 Å². The standard InChI is InChI=1S/C12H15N3O4S/c1-6-7-5-9(20-11(7)15(2)14-6)10(17)13-8(3-4-16)12(18)19/h5,8,16H,3-4H2,1-2H3,(H,13,17)(H,18,19)/t8-/m0/s1. The third-order valence-electron chi connectivity index (χ3n) is 2.94. The summed E-state index contributed by atoms with van der Waals surface area (Å²) >= 11 is 1.26. The molecule has 1 amide bonds. The number of nitrogens with one attached hydrogen (secondary N) is 1. The average Bonchev–Trinajstić information content (AvgIpc) is 2.91. The van der Waals surface area contributed by atoms with Crippen molar-refractivity contribution in [2.24, 2.45) is 7.05 Å². The Balaban J connectivity index is 2.22. The first-order chi connectivity index (χ1) is 9.43. The molecule has 1 atom stereocenters. The molecule has 2 heterocycles.